The molecule has 0 aromatic heterocycles. The second kappa shape index (κ2) is 3.94. The molecule has 0 unspecified atom stereocenters. The highest BCUT2D eigenvalue weighted by Gasteiger charge is 1.93. The van der Waals surface area contributed by atoms with Gasteiger partial charge in [-0.25, -0.2) is 0 Å². The number of benzene rings is 1. The molecule has 0 bridgehead atoms. The molecule has 0 aliphatic carbocycles. The summed E-state index contributed by atoms with van der Waals surface area (Å²) in [5.41, 5.74) is 0.765. The van der Waals surface area contributed by atoms with Gasteiger partial charge in [-0.15, -0.1) is 0 Å². The van der Waals surface area contributed by atoms with Gasteiger partial charge in [0.2, 0.25) is 0 Å². The number of allylic oxidation sites excluding steroid dienone is 1. The van der Waals surface area contributed by atoms with E-state index >= 15 is 0 Å². The van der Waals surface area contributed by atoms with Crippen molar-refractivity contribution in [3.63, 3.8) is 0 Å². The Morgan fingerprint density at radius 2 is 1.69 bits per heavy atom. The predicted molar refractivity (Wildman–Crippen MR) is 47.3 cm³/mol. The lowest BCUT2D eigenvalue weighted by molar-refractivity contribution is 0.475. The molecule has 3 heteroatoms. The number of aromatic hydroxyl groups is 1. The van der Waals surface area contributed by atoms with Gasteiger partial charge in [0.1, 0.15) is 23.5 Å². The van der Waals surface area contributed by atoms with Crippen molar-refractivity contribution in [2.75, 3.05) is 0 Å². The van der Waals surface area contributed by atoms with Gasteiger partial charge in [-0.1, -0.05) is 12.1 Å². The maximum Gasteiger partial charge on any atom is 0.130 e. The molecule has 0 atom stereocenters. The maximum absolute atomic E-state index is 8.95. The molecule has 0 aliphatic rings. The molecule has 0 spiro atoms. The first-order valence-electron chi connectivity index (χ1n) is 3.57. The van der Waals surface area contributed by atoms with Gasteiger partial charge < -0.3 is 5.11 Å². The summed E-state index contributed by atoms with van der Waals surface area (Å²) in [5, 5.41) is 25.9. The third-order valence-corrected chi connectivity index (χ3v) is 1.44. The molecule has 0 saturated carbocycles. The van der Waals surface area contributed by atoms with E-state index in [-0.39, 0.29) is 11.3 Å². The van der Waals surface area contributed by atoms with Crippen molar-refractivity contribution in [2.24, 2.45) is 0 Å². The highest BCUT2D eigenvalue weighted by molar-refractivity contribution is 5.62. The summed E-state index contributed by atoms with van der Waals surface area (Å²) in [5.74, 6) is 0.160. The summed E-state index contributed by atoms with van der Waals surface area (Å²) >= 11 is 0. The molecule has 1 aromatic rings. The monoisotopic (exact) mass is 170 g/mol. The topological polar surface area (TPSA) is 67.8 Å². The zero-order chi connectivity index (χ0) is 9.68. The third-order valence-electron chi connectivity index (χ3n) is 1.44. The Labute approximate surface area is 75.8 Å². The van der Waals surface area contributed by atoms with Crippen LogP contribution >= 0.6 is 0 Å². The number of phenolic OH excluding ortho intramolecular Hbond substituents is 1. The fourth-order valence-electron chi connectivity index (χ4n) is 0.827. The van der Waals surface area contributed by atoms with E-state index in [1.165, 1.54) is 18.2 Å². The molecule has 13 heavy (non-hydrogen) atoms. The fraction of sp³-hybridized carbons (Fsp3) is 0. The summed E-state index contributed by atoms with van der Waals surface area (Å²) in [7, 11) is 0. The molecule has 3 nitrogen and oxygen atoms in total. The van der Waals surface area contributed by atoms with Gasteiger partial charge in [-0.05, 0) is 23.8 Å². The number of hydrogen-bond donors (Lipinski definition) is 1. The molecule has 0 saturated heterocycles. The fourth-order valence-corrected chi connectivity index (χ4v) is 0.827. The molecule has 62 valence electrons. The normalized spacial score (nSPS) is 8.15. The molecule has 0 aliphatic heterocycles. The summed E-state index contributed by atoms with van der Waals surface area (Å²) < 4.78 is 0. The van der Waals surface area contributed by atoms with E-state index in [1.54, 1.807) is 24.3 Å². The van der Waals surface area contributed by atoms with Crippen LogP contribution in [0.5, 0.6) is 5.75 Å². The molecular formula is C10H6N2O. The molecular weight excluding hydrogens is 164 g/mol. The van der Waals surface area contributed by atoms with E-state index < -0.39 is 0 Å². The van der Waals surface area contributed by atoms with Crippen molar-refractivity contribution < 1.29 is 5.11 Å². The van der Waals surface area contributed by atoms with Crippen molar-refractivity contribution in [3.05, 3.63) is 35.4 Å². The van der Waals surface area contributed by atoms with Gasteiger partial charge in [0.05, 0.1) is 0 Å². The third kappa shape index (κ3) is 2.36. The van der Waals surface area contributed by atoms with Gasteiger partial charge in [-0.3, -0.25) is 0 Å². The lowest BCUT2D eigenvalue weighted by Crippen LogP contribution is -1.74. The van der Waals surface area contributed by atoms with Crippen LogP contribution in [0, 0.1) is 22.7 Å². The van der Waals surface area contributed by atoms with E-state index in [2.05, 4.69) is 0 Å². The van der Waals surface area contributed by atoms with Crippen molar-refractivity contribution in [1.82, 2.24) is 0 Å². The number of rotatable bonds is 1. The lowest BCUT2D eigenvalue weighted by Gasteiger charge is -1.92. The Balaban J connectivity index is 3.00. The summed E-state index contributed by atoms with van der Waals surface area (Å²) in [6.45, 7) is 0. The minimum atomic E-state index is 0.0469. The molecule has 1 aromatic carbocycles. The second-order valence-corrected chi connectivity index (χ2v) is 2.37. The lowest BCUT2D eigenvalue weighted by atomic mass is 10.1. The minimum Gasteiger partial charge on any atom is -0.508 e. The van der Waals surface area contributed by atoms with E-state index in [1.807, 2.05) is 0 Å². The minimum absolute atomic E-state index is 0.0469. The summed E-state index contributed by atoms with van der Waals surface area (Å²) in [6.07, 6.45) is 1.46. The van der Waals surface area contributed by atoms with E-state index in [0.29, 0.717) is 0 Å². The highest BCUT2D eigenvalue weighted by atomic mass is 16.3. The van der Waals surface area contributed by atoms with Gasteiger partial charge >= 0.3 is 0 Å². The van der Waals surface area contributed by atoms with Crippen molar-refractivity contribution in [2.45, 2.75) is 0 Å². The van der Waals surface area contributed by atoms with E-state index in [9.17, 15) is 0 Å². The zero-order valence-electron chi connectivity index (χ0n) is 6.73. The smallest absolute Gasteiger partial charge is 0.130 e. The Hall–Kier alpha value is -2.26. The van der Waals surface area contributed by atoms with Crippen LogP contribution in [0.3, 0.4) is 0 Å². The van der Waals surface area contributed by atoms with Crippen molar-refractivity contribution in [1.29, 1.82) is 10.5 Å². The first-order valence-corrected chi connectivity index (χ1v) is 3.57. The van der Waals surface area contributed by atoms with Crippen LogP contribution in [0.2, 0.25) is 0 Å². The molecule has 0 heterocycles. The quantitative estimate of drug-likeness (QED) is 0.653. The Kier molecular flexibility index (Phi) is 2.68. The van der Waals surface area contributed by atoms with Crippen LogP contribution in [0.25, 0.3) is 6.08 Å². The number of phenols is 1. The number of hydrogen-bond acceptors (Lipinski definition) is 3. The largest absolute Gasteiger partial charge is 0.508 e. The predicted octanol–water partition coefficient (Wildman–Crippen LogP) is 1.82. The average Bonchev–Trinajstić information content (AvgIpc) is 2.17. The zero-order valence-corrected chi connectivity index (χ0v) is 6.73. The maximum atomic E-state index is 8.95. The van der Waals surface area contributed by atoms with Gasteiger partial charge in [-0.2, -0.15) is 10.5 Å². The molecule has 0 fully saturated rings. The number of nitrogens with zero attached hydrogens (tertiary/aromatic N) is 2. The van der Waals surface area contributed by atoms with Crippen LogP contribution in [-0.2, 0) is 0 Å². The number of nitriles is 2. The Bertz CT molecular complexity index is 388. The van der Waals surface area contributed by atoms with Gasteiger partial charge in [0.15, 0.2) is 0 Å². The van der Waals surface area contributed by atoms with E-state index in [4.69, 9.17) is 15.6 Å². The second-order valence-electron chi connectivity index (χ2n) is 2.37. The van der Waals surface area contributed by atoms with Crippen LogP contribution in [0.4, 0.5) is 0 Å². The summed E-state index contributed by atoms with van der Waals surface area (Å²) in [4.78, 5) is 0. The van der Waals surface area contributed by atoms with Crippen LogP contribution in [0.1, 0.15) is 5.56 Å². The van der Waals surface area contributed by atoms with Crippen molar-refractivity contribution in [3.8, 4) is 17.9 Å². The highest BCUT2D eigenvalue weighted by Crippen LogP contribution is 2.12. The van der Waals surface area contributed by atoms with Crippen LogP contribution < -0.4 is 0 Å². The van der Waals surface area contributed by atoms with E-state index in [0.717, 1.165) is 5.56 Å². The Morgan fingerprint density at radius 1 is 1.15 bits per heavy atom. The molecule has 0 radical (unpaired) electrons. The molecule has 1 N–H and O–H groups in total. The Morgan fingerprint density at radius 3 is 2.15 bits per heavy atom. The first-order chi connectivity index (χ1) is 6.26. The van der Waals surface area contributed by atoms with Crippen LogP contribution in [0.15, 0.2) is 29.8 Å². The first kappa shape index (κ1) is 8.83. The molecule has 0 amide bonds. The van der Waals surface area contributed by atoms with Crippen molar-refractivity contribution >= 4 is 6.08 Å². The van der Waals surface area contributed by atoms with Crippen LogP contribution in [-0.4, -0.2) is 5.11 Å². The summed E-state index contributed by atoms with van der Waals surface area (Å²) in [6, 6.07) is 9.76. The standard InChI is InChI=1S/C10H6N2O/c11-6-9(7-12)5-8-1-3-10(13)4-2-8/h1-5,13H. The van der Waals surface area contributed by atoms with Gasteiger partial charge in [0.25, 0.3) is 0 Å². The van der Waals surface area contributed by atoms with Gasteiger partial charge in [0, 0.05) is 0 Å². The molecule has 1 rings (SSSR count). The average molecular weight is 170 g/mol. The SMILES string of the molecule is N#CC(C#N)=Cc1ccc(O)cc1.